The Bertz CT molecular complexity index is 632. The first-order valence-electron chi connectivity index (χ1n) is 6.17. The second-order valence-electron chi connectivity index (χ2n) is 4.48. The number of hydrogen-bond donors (Lipinski definition) is 0. The SMILES string of the molecule is COc1ccc(CN(C)c2ccc(C#N)cc2Br)cc1. The molecule has 0 N–H and O–H groups in total. The Kier molecular flexibility index (Phi) is 4.65. The lowest BCUT2D eigenvalue weighted by Crippen LogP contribution is -2.16. The molecule has 3 nitrogen and oxygen atoms in total. The Balaban J connectivity index is 2.15. The van der Waals surface area contributed by atoms with E-state index in [0.717, 1.165) is 22.5 Å². The minimum absolute atomic E-state index is 0.651. The zero-order valence-corrected chi connectivity index (χ0v) is 13.0. The number of ether oxygens (including phenoxy) is 1. The van der Waals surface area contributed by atoms with Crippen molar-refractivity contribution in [2.24, 2.45) is 0 Å². The van der Waals surface area contributed by atoms with Crippen LogP contribution >= 0.6 is 15.9 Å². The smallest absolute Gasteiger partial charge is 0.118 e. The van der Waals surface area contributed by atoms with Gasteiger partial charge in [0.2, 0.25) is 0 Å². The van der Waals surface area contributed by atoms with Crippen molar-refractivity contribution < 1.29 is 4.74 Å². The van der Waals surface area contributed by atoms with Crippen LogP contribution in [0.3, 0.4) is 0 Å². The van der Waals surface area contributed by atoms with Crippen LogP contribution < -0.4 is 9.64 Å². The maximum Gasteiger partial charge on any atom is 0.118 e. The third-order valence-corrected chi connectivity index (χ3v) is 3.70. The minimum Gasteiger partial charge on any atom is -0.497 e. The summed E-state index contributed by atoms with van der Waals surface area (Å²) in [7, 11) is 3.69. The van der Waals surface area contributed by atoms with Gasteiger partial charge < -0.3 is 9.64 Å². The molecule has 0 unspecified atom stereocenters. The summed E-state index contributed by atoms with van der Waals surface area (Å²) in [5.41, 5.74) is 2.91. The van der Waals surface area contributed by atoms with E-state index in [9.17, 15) is 0 Å². The van der Waals surface area contributed by atoms with Gasteiger partial charge in [-0.1, -0.05) is 12.1 Å². The molecule has 0 bridgehead atoms. The van der Waals surface area contributed by atoms with Crippen LogP contribution in [0, 0.1) is 11.3 Å². The molecule has 0 aromatic heterocycles. The predicted octanol–water partition coefficient (Wildman–Crippen LogP) is 3.97. The van der Waals surface area contributed by atoms with Crippen LogP contribution in [0.25, 0.3) is 0 Å². The van der Waals surface area contributed by atoms with Gasteiger partial charge in [0.1, 0.15) is 5.75 Å². The van der Waals surface area contributed by atoms with Gasteiger partial charge >= 0.3 is 0 Å². The van der Waals surface area contributed by atoms with Crippen LogP contribution in [0.5, 0.6) is 5.75 Å². The highest BCUT2D eigenvalue weighted by Crippen LogP contribution is 2.27. The molecule has 0 aliphatic carbocycles. The normalized spacial score (nSPS) is 9.90. The molecule has 0 saturated heterocycles. The van der Waals surface area contributed by atoms with E-state index >= 15 is 0 Å². The number of methoxy groups -OCH3 is 1. The van der Waals surface area contributed by atoms with Crippen LogP contribution in [-0.4, -0.2) is 14.2 Å². The lowest BCUT2D eigenvalue weighted by Gasteiger charge is -2.21. The Hall–Kier alpha value is -1.99. The number of hydrogen-bond acceptors (Lipinski definition) is 3. The topological polar surface area (TPSA) is 36.3 Å². The van der Waals surface area contributed by atoms with E-state index in [4.69, 9.17) is 10.00 Å². The molecule has 0 spiro atoms. The first-order valence-corrected chi connectivity index (χ1v) is 6.97. The van der Waals surface area contributed by atoms with E-state index < -0.39 is 0 Å². The Morgan fingerprint density at radius 2 is 1.90 bits per heavy atom. The van der Waals surface area contributed by atoms with Gasteiger partial charge in [0.15, 0.2) is 0 Å². The molecule has 4 heteroatoms. The first kappa shape index (κ1) is 14.4. The maximum absolute atomic E-state index is 8.88. The van der Waals surface area contributed by atoms with Crippen molar-refractivity contribution >= 4 is 21.6 Å². The van der Waals surface area contributed by atoms with E-state index in [1.54, 1.807) is 7.11 Å². The third-order valence-electron chi connectivity index (χ3n) is 3.07. The highest BCUT2D eigenvalue weighted by molar-refractivity contribution is 9.10. The molecule has 0 radical (unpaired) electrons. The quantitative estimate of drug-likeness (QED) is 0.851. The highest BCUT2D eigenvalue weighted by atomic mass is 79.9. The lowest BCUT2D eigenvalue weighted by molar-refractivity contribution is 0.414. The minimum atomic E-state index is 0.651. The van der Waals surface area contributed by atoms with E-state index in [1.165, 1.54) is 5.56 Å². The van der Waals surface area contributed by atoms with E-state index in [-0.39, 0.29) is 0 Å². The largest absolute Gasteiger partial charge is 0.497 e. The third kappa shape index (κ3) is 3.31. The summed E-state index contributed by atoms with van der Waals surface area (Å²) in [6.07, 6.45) is 0. The zero-order chi connectivity index (χ0) is 14.5. The van der Waals surface area contributed by atoms with Gasteiger partial charge in [-0.3, -0.25) is 0 Å². The van der Waals surface area contributed by atoms with Crippen LogP contribution in [0.2, 0.25) is 0 Å². The summed E-state index contributed by atoms with van der Waals surface area (Å²) < 4.78 is 6.08. The Morgan fingerprint density at radius 1 is 1.20 bits per heavy atom. The highest BCUT2D eigenvalue weighted by Gasteiger charge is 2.07. The van der Waals surface area contributed by atoms with Gasteiger partial charge in [-0.2, -0.15) is 5.26 Å². The van der Waals surface area contributed by atoms with Gasteiger partial charge in [-0.05, 0) is 51.8 Å². The molecule has 0 fully saturated rings. The summed E-state index contributed by atoms with van der Waals surface area (Å²) in [5.74, 6) is 0.857. The average molecular weight is 331 g/mol. The molecule has 2 rings (SSSR count). The van der Waals surface area contributed by atoms with Crippen LogP contribution in [-0.2, 0) is 6.54 Å². The Labute approximate surface area is 127 Å². The molecular formula is C16H15BrN2O. The molecule has 20 heavy (non-hydrogen) atoms. The lowest BCUT2D eigenvalue weighted by atomic mass is 10.1. The number of nitriles is 1. The fourth-order valence-corrected chi connectivity index (χ4v) is 2.66. The van der Waals surface area contributed by atoms with E-state index in [0.29, 0.717) is 5.56 Å². The predicted molar refractivity (Wildman–Crippen MR) is 84.0 cm³/mol. The average Bonchev–Trinajstić information content (AvgIpc) is 2.47. The molecular weight excluding hydrogens is 316 g/mol. The monoisotopic (exact) mass is 330 g/mol. The van der Waals surface area contributed by atoms with Gasteiger partial charge in [-0.15, -0.1) is 0 Å². The van der Waals surface area contributed by atoms with Crippen molar-refractivity contribution in [3.05, 3.63) is 58.1 Å². The second kappa shape index (κ2) is 6.44. The summed E-state index contributed by atoms with van der Waals surface area (Å²) in [6.45, 7) is 0.786. The molecule has 102 valence electrons. The molecule has 0 aliphatic rings. The van der Waals surface area contributed by atoms with Crippen molar-refractivity contribution in [2.75, 3.05) is 19.1 Å². The van der Waals surface area contributed by atoms with Gasteiger partial charge in [0.25, 0.3) is 0 Å². The number of halogens is 1. The van der Waals surface area contributed by atoms with Crippen molar-refractivity contribution in [1.29, 1.82) is 5.26 Å². The maximum atomic E-state index is 8.88. The van der Waals surface area contributed by atoms with Crippen molar-refractivity contribution in [3.8, 4) is 11.8 Å². The fourth-order valence-electron chi connectivity index (χ4n) is 1.98. The summed E-state index contributed by atoms with van der Waals surface area (Å²) in [5, 5.41) is 8.88. The van der Waals surface area contributed by atoms with Gasteiger partial charge in [-0.25, -0.2) is 0 Å². The second-order valence-corrected chi connectivity index (χ2v) is 5.34. The number of benzene rings is 2. The molecule has 0 atom stereocenters. The van der Waals surface area contributed by atoms with Gasteiger partial charge in [0, 0.05) is 18.1 Å². The molecule has 2 aromatic carbocycles. The summed E-state index contributed by atoms with van der Waals surface area (Å²) >= 11 is 3.51. The summed E-state index contributed by atoms with van der Waals surface area (Å²) in [4.78, 5) is 2.13. The Morgan fingerprint density at radius 3 is 2.45 bits per heavy atom. The van der Waals surface area contributed by atoms with Crippen molar-refractivity contribution in [3.63, 3.8) is 0 Å². The van der Waals surface area contributed by atoms with Crippen molar-refractivity contribution in [2.45, 2.75) is 6.54 Å². The van der Waals surface area contributed by atoms with E-state index in [1.807, 2.05) is 49.5 Å². The molecule has 0 heterocycles. The van der Waals surface area contributed by atoms with Crippen LogP contribution in [0.15, 0.2) is 46.9 Å². The van der Waals surface area contributed by atoms with Gasteiger partial charge in [0.05, 0.1) is 24.4 Å². The van der Waals surface area contributed by atoms with Crippen molar-refractivity contribution in [1.82, 2.24) is 0 Å². The molecule has 0 saturated carbocycles. The number of nitrogens with zero attached hydrogens (tertiary/aromatic N) is 2. The number of rotatable bonds is 4. The standard InChI is InChI=1S/C16H15BrN2O/c1-19(11-12-3-6-14(20-2)7-4-12)16-8-5-13(10-18)9-15(16)17/h3-9H,11H2,1-2H3. The first-order chi connectivity index (χ1) is 9.63. The van der Waals surface area contributed by atoms with Crippen LogP contribution in [0.1, 0.15) is 11.1 Å². The molecule has 0 aliphatic heterocycles. The van der Waals surface area contributed by atoms with Crippen LogP contribution in [0.4, 0.5) is 5.69 Å². The fraction of sp³-hybridized carbons (Fsp3) is 0.188. The summed E-state index contributed by atoms with van der Waals surface area (Å²) in [6, 6.07) is 15.7. The van der Waals surface area contributed by atoms with E-state index in [2.05, 4.69) is 26.9 Å². The zero-order valence-electron chi connectivity index (χ0n) is 11.4. The molecule has 2 aromatic rings. The molecule has 0 amide bonds. The number of anilines is 1.